The molecule has 0 amide bonds. The first kappa shape index (κ1) is 89.3. The van der Waals surface area contributed by atoms with Crippen molar-refractivity contribution < 1.29 is 112 Å². The van der Waals surface area contributed by atoms with Gasteiger partial charge in [-0.05, 0) is 119 Å². The van der Waals surface area contributed by atoms with Crippen molar-refractivity contribution in [2.24, 2.45) is 0 Å². The van der Waals surface area contributed by atoms with Gasteiger partial charge in [0.15, 0.2) is 69.2 Å². The third-order valence-electron chi connectivity index (χ3n) is 17.6. The van der Waals surface area contributed by atoms with Crippen LogP contribution in [0.3, 0.4) is 0 Å². The first-order valence-electron chi connectivity index (χ1n) is 36.1. The summed E-state index contributed by atoms with van der Waals surface area (Å²) in [5.74, 6) is -2.27. The minimum atomic E-state index is -4.31. The lowest BCUT2D eigenvalue weighted by Gasteiger charge is -2.25. The van der Waals surface area contributed by atoms with Crippen LogP contribution >= 0.6 is 23.2 Å². The second-order valence-corrected chi connectivity index (χ2v) is 33.4. The number of rotatable bonds is 30. The summed E-state index contributed by atoms with van der Waals surface area (Å²) in [6.45, 7) is 15.6. The van der Waals surface area contributed by atoms with Gasteiger partial charge in [-0.15, -0.1) is 0 Å². The van der Waals surface area contributed by atoms with E-state index in [0.717, 1.165) is 53.5 Å². The molecule has 9 heterocycles. The van der Waals surface area contributed by atoms with Crippen LogP contribution in [0, 0.1) is 0 Å². The smallest absolute Gasteiger partial charge is 0.459 e. The predicted octanol–water partition coefficient (Wildman–Crippen LogP) is 5.47. The number of H-pyrrole nitrogens is 3. The van der Waals surface area contributed by atoms with E-state index < -0.39 is 186 Å². The zero-order valence-electron chi connectivity index (χ0n) is 64.8. The van der Waals surface area contributed by atoms with Crippen molar-refractivity contribution in [3.8, 4) is 17.2 Å². The number of aromatic amines is 3. The van der Waals surface area contributed by atoms with Crippen LogP contribution in [-0.2, 0) is 70.1 Å². The van der Waals surface area contributed by atoms with Crippen molar-refractivity contribution in [3.05, 3.63) is 141 Å². The van der Waals surface area contributed by atoms with Crippen LogP contribution in [0.1, 0.15) is 102 Å². The Morgan fingerprint density at radius 1 is 0.453 bits per heavy atom. The number of aromatic nitrogens is 12. The number of anilines is 3. The Morgan fingerprint density at radius 3 is 0.906 bits per heavy atom. The fourth-order valence-electron chi connectivity index (χ4n) is 11.9. The molecule has 636 valence electrons. The number of carbonyl (C=O) groups excluding carboxylic acids is 3. The SMILES string of the molecule is CC(C)OC(=O)[C@@H](C)NP(=O)(OC[C@H]1O[C@@H](n2cnc3c(=O)[nH]c(N)nc32)[C@](C)(F)[C@@H]1O)Oc1ccccc1.CC(C)OC(=O)[C@@H](C)N[P@@](=O)(OC[C@H]1O[C@@H](n2cnc3c(=O)[nH]c(N)nc32)[C@](C)(F)[C@@H]1O)Oc1ccccc1.CC(C)OC(=O)[C@@H](C)N[P@](=O)(OC[C@H]1O[C@@H](n2cnc3c(=O)[nH]c(N)nc32)[C@](C)(F)[C@@H]1O)Oc1ccccc1. The molecule has 3 fully saturated rings. The van der Waals surface area contributed by atoms with E-state index in [1.165, 1.54) is 57.2 Å². The predicted molar refractivity (Wildman–Crippen MR) is 409 cm³/mol. The summed E-state index contributed by atoms with van der Waals surface area (Å²) >= 11 is 0. The van der Waals surface area contributed by atoms with Crippen molar-refractivity contribution in [3.63, 3.8) is 0 Å². The van der Waals surface area contributed by atoms with Gasteiger partial charge in [0.2, 0.25) is 17.8 Å². The van der Waals surface area contributed by atoms with Gasteiger partial charge in [0.1, 0.15) is 72.0 Å². The molecule has 0 aliphatic carbocycles. The number of benzene rings is 3. The largest absolute Gasteiger partial charge is 0.462 e. The maximum atomic E-state index is 15.8. The van der Waals surface area contributed by atoms with E-state index in [9.17, 15) is 57.8 Å². The fourth-order valence-corrected chi connectivity index (χ4v) is 16.4. The number of hydrogen-bond donors (Lipinski definition) is 12. The number of fused-ring (bicyclic) bond motifs is 3. The Labute approximate surface area is 663 Å². The summed E-state index contributed by atoms with van der Waals surface area (Å²) in [7, 11) is -12.9. The molecule has 3 aliphatic rings. The number of imidazole rings is 3. The lowest BCUT2D eigenvalue weighted by molar-refractivity contribution is -0.150. The third-order valence-corrected chi connectivity index (χ3v) is 22.5. The molecule has 3 aromatic carbocycles. The van der Waals surface area contributed by atoms with E-state index in [0.29, 0.717) is 0 Å². The molecule has 0 radical (unpaired) electrons. The molecule has 0 spiro atoms. The highest BCUT2D eigenvalue weighted by atomic mass is 31.2. The van der Waals surface area contributed by atoms with Crippen LogP contribution in [0.2, 0.25) is 0 Å². The minimum absolute atomic E-state index is 0.0591. The number of ether oxygens (including phenoxy) is 6. The number of halogens is 3. The molecular formula is C69H90F3N18O24P3. The van der Waals surface area contributed by atoms with E-state index in [-0.39, 0.29) is 68.6 Å². The van der Waals surface area contributed by atoms with E-state index >= 15 is 13.2 Å². The van der Waals surface area contributed by atoms with Crippen LogP contribution in [-0.4, -0.2) is 202 Å². The monoisotopic (exact) mass is 1700 g/mol. The number of aliphatic hydroxyl groups is 3. The highest BCUT2D eigenvalue weighted by molar-refractivity contribution is 7.52. The molecule has 1 unspecified atom stereocenters. The standard InChI is InChI=1S/3C23H30FN6O8P/c3*1-12(2)36-20(33)13(3)29-39(34,38-14-8-6-5-7-9-14)35-10-15-17(31)23(4,24)21(37-15)30-11-26-16-18(30)27-22(25)28-19(16)32/h3*5-9,11-13,15,17,21,31H,10H2,1-4H3,(H,29,34)(H3,25,27,28,32)/t13-,15-,17-,21-,23-,39?;13-,15-,17-,21-,23-,39+;13-,15-,17-,21-,23-,39-/m111/s1. The summed E-state index contributed by atoms with van der Waals surface area (Å²) in [6, 6.07) is 20.8. The Hall–Kier alpha value is -10.1. The molecule has 6 aromatic heterocycles. The first-order valence-corrected chi connectivity index (χ1v) is 40.7. The maximum Gasteiger partial charge on any atom is 0.459 e. The van der Waals surface area contributed by atoms with E-state index in [2.05, 4.69) is 60.1 Å². The van der Waals surface area contributed by atoms with Gasteiger partial charge in [-0.2, -0.15) is 30.2 Å². The van der Waals surface area contributed by atoms with Crippen LogP contribution in [0.5, 0.6) is 17.2 Å². The second-order valence-electron chi connectivity index (χ2n) is 28.3. The van der Waals surface area contributed by atoms with Crippen LogP contribution in [0.25, 0.3) is 33.5 Å². The number of nitrogens with one attached hydrogen (secondary N) is 6. The topological polar surface area (TPSA) is 579 Å². The summed E-state index contributed by atoms with van der Waals surface area (Å²) in [5, 5.41) is 39.8. The Balaban J connectivity index is 0.000000185. The van der Waals surface area contributed by atoms with Gasteiger partial charge >= 0.3 is 41.1 Å². The number of alkyl halides is 3. The van der Waals surface area contributed by atoms with Gasteiger partial charge in [-0.25, -0.2) is 41.8 Å². The molecule has 42 nitrogen and oxygen atoms in total. The normalized spacial score (nSPS) is 25.5. The lowest BCUT2D eigenvalue weighted by atomic mass is 9.98. The number of carbonyl (C=O) groups is 3. The zero-order valence-corrected chi connectivity index (χ0v) is 67.5. The number of hydrogen-bond acceptors (Lipinski definition) is 33. The van der Waals surface area contributed by atoms with Crippen molar-refractivity contribution in [1.82, 2.24) is 73.8 Å². The number of esters is 3. The second kappa shape index (κ2) is 36.4. The van der Waals surface area contributed by atoms with Crippen molar-refractivity contribution in [2.45, 2.75) is 192 Å². The molecule has 15 N–H and O–H groups in total. The van der Waals surface area contributed by atoms with Gasteiger partial charge in [-0.1, -0.05) is 54.6 Å². The molecule has 18 atom stereocenters. The van der Waals surface area contributed by atoms with Crippen LogP contribution in [0.4, 0.5) is 31.0 Å². The lowest BCUT2D eigenvalue weighted by Crippen LogP contribution is -2.41. The van der Waals surface area contributed by atoms with Gasteiger partial charge in [-0.3, -0.25) is 71.0 Å². The average molecular weight is 1710 g/mol. The van der Waals surface area contributed by atoms with Gasteiger partial charge in [0.05, 0.1) is 57.1 Å². The molecule has 3 aliphatic heterocycles. The third kappa shape index (κ3) is 21.1. The molecule has 48 heteroatoms. The molecule has 12 rings (SSSR count). The maximum absolute atomic E-state index is 15.8. The Bertz CT molecular complexity index is 4810. The quantitative estimate of drug-likeness (QED) is 0.0151. The average Bonchev–Trinajstić information content (AvgIpc) is 1.61. The van der Waals surface area contributed by atoms with Crippen molar-refractivity contribution in [1.29, 1.82) is 0 Å². The summed E-state index contributed by atoms with van der Waals surface area (Å²) < 4.78 is 158. The molecule has 3 saturated heterocycles. The number of para-hydroxylation sites is 3. The van der Waals surface area contributed by atoms with Gasteiger partial charge in [0.25, 0.3) is 16.7 Å². The first-order chi connectivity index (χ1) is 54.9. The van der Waals surface area contributed by atoms with Crippen molar-refractivity contribution >= 4 is 92.5 Å². The zero-order chi connectivity index (χ0) is 85.6. The molecular weight excluding hydrogens is 1610 g/mol. The van der Waals surface area contributed by atoms with Crippen LogP contribution in [0.15, 0.2) is 124 Å². The highest BCUT2D eigenvalue weighted by Crippen LogP contribution is 2.52. The van der Waals surface area contributed by atoms with E-state index in [1.54, 1.807) is 96.1 Å². The van der Waals surface area contributed by atoms with Gasteiger partial charge < -0.3 is 74.5 Å². The Kier molecular flexibility index (Phi) is 27.8. The molecule has 0 saturated carbocycles. The minimum Gasteiger partial charge on any atom is -0.462 e. The highest BCUT2D eigenvalue weighted by Gasteiger charge is 2.59. The molecule has 0 bridgehead atoms. The number of nitrogen functional groups attached to an aromatic ring is 3. The van der Waals surface area contributed by atoms with Crippen molar-refractivity contribution in [2.75, 3.05) is 37.0 Å². The number of aliphatic hydroxyl groups excluding tert-OH is 3. The van der Waals surface area contributed by atoms with Crippen LogP contribution < -0.4 is 62.7 Å². The van der Waals surface area contributed by atoms with E-state index in [1.807, 2.05) is 0 Å². The summed E-state index contributed by atoms with van der Waals surface area (Å²) in [6.07, 6.45) is -11.7. The van der Waals surface area contributed by atoms with E-state index in [4.69, 9.17) is 72.8 Å². The summed E-state index contributed by atoms with van der Waals surface area (Å²) in [4.78, 5) is 104. The summed E-state index contributed by atoms with van der Waals surface area (Å²) in [5.41, 5.74) is 7.20. The Morgan fingerprint density at radius 2 is 0.684 bits per heavy atom. The molecule has 9 aromatic rings. The van der Waals surface area contributed by atoms with Gasteiger partial charge in [0, 0.05) is 0 Å². The fraction of sp³-hybridized carbons (Fsp3) is 0.478. The number of nitrogens with two attached hydrogens (primary N) is 3. The number of nitrogens with zero attached hydrogens (tertiary/aromatic N) is 9. The molecule has 117 heavy (non-hydrogen) atoms.